The summed E-state index contributed by atoms with van der Waals surface area (Å²) in [6.45, 7) is 5.08. The highest BCUT2D eigenvalue weighted by Gasteiger charge is 2.50. The standard InChI is InChI=1S/C31H40N4O6/c1-20(32-29(38)23-14-15-35(3)18-23)28(37)34-26(17-22-10-12-24(40-4)13-11-22)30(39)33-25(27(36)31(2)19-41-31)16-21-8-6-5-7-9-21/h5-13,20,23,25-26H,14-19H2,1-4H3,(H,32,38)(H,33,39)(H,34,37)/t20-,23-,25-,26-,31+/m0/s1. The van der Waals surface area contributed by atoms with Gasteiger partial charge in [0.25, 0.3) is 0 Å². The van der Waals surface area contributed by atoms with Gasteiger partial charge in [0, 0.05) is 13.0 Å². The normalized spacial score (nSPS) is 22.2. The van der Waals surface area contributed by atoms with Crippen molar-refractivity contribution < 1.29 is 28.7 Å². The topological polar surface area (TPSA) is 129 Å². The minimum Gasteiger partial charge on any atom is -0.497 e. The van der Waals surface area contributed by atoms with Crippen molar-refractivity contribution in [3.05, 3.63) is 65.7 Å². The van der Waals surface area contributed by atoms with Gasteiger partial charge in [-0.05, 0) is 63.5 Å². The van der Waals surface area contributed by atoms with Crippen LogP contribution in [0.2, 0.25) is 0 Å². The van der Waals surface area contributed by atoms with Crippen molar-refractivity contribution in [2.24, 2.45) is 5.92 Å². The summed E-state index contributed by atoms with van der Waals surface area (Å²) in [6, 6.07) is 13.9. The van der Waals surface area contributed by atoms with Crippen LogP contribution in [-0.4, -0.2) is 86.0 Å². The molecule has 10 heteroatoms. The average Bonchev–Trinajstić information content (AvgIpc) is 3.57. The van der Waals surface area contributed by atoms with Crippen molar-refractivity contribution >= 4 is 23.5 Å². The molecule has 3 amide bonds. The van der Waals surface area contributed by atoms with E-state index in [9.17, 15) is 19.2 Å². The molecule has 2 aromatic carbocycles. The molecule has 2 heterocycles. The van der Waals surface area contributed by atoms with Gasteiger partial charge in [0.15, 0.2) is 5.78 Å². The number of likely N-dealkylation sites (tertiary alicyclic amines) is 1. The molecule has 3 N–H and O–H groups in total. The highest BCUT2D eigenvalue weighted by Crippen LogP contribution is 2.29. The fourth-order valence-electron chi connectivity index (χ4n) is 5.00. The van der Waals surface area contributed by atoms with Gasteiger partial charge in [-0.15, -0.1) is 0 Å². The van der Waals surface area contributed by atoms with Crippen molar-refractivity contribution in [3.63, 3.8) is 0 Å². The number of methoxy groups -OCH3 is 1. The highest BCUT2D eigenvalue weighted by atomic mass is 16.6. The van der Waals surface area contributed by atoms with Gasteiger partial charge in [0.2, 0.25) is 17.7 Å². The number of benzene rings is 2. The number of rotatable bonds is 13. The molecule has 5 atom stereocenters. The summed E-state index contributed by atoms with van der Waals surface area (Å²) < 4.78 is 10.6. The van der Waals surface area contributed by atoms with E-state index in [0.29, 0.717) is 18.9 Å². The van der Waals surface area contributed by atoms with E-state index < -0.39 is 35.5 Å². The first kappa shape index (κ1) is 30.2. The summed E-state index contributed by atoms with van der Waals surface area (Å²) in [6.07, 6.45) is 1.20. The zero-order chi connectivity index (χ0) is 29.6. The quantitative estimate of drug-likeness (QED) is 0.313. The van der Waals surface area contributed by atoms with Crippen molar-refractivity contribution in [2.75, 3.05) is 33.9 Å². The van der Waals surface area contributed by atoms with Crippen molar-refractivity contribution in [3.8, 4) is 5.75 Å². The number of nitrogens with zero attached hydrogens (tertiary/aromatic N) is 1. The van der Waals surface area contributed by atoms with Gasteiger partial charge >= 0.3 is 0 Å². The lowest BCUT2D eigenvalue weighted by atomic mass is 9.94. The molecular weight excluding hydrogens is 524 g/mol. The summed E-state index contributed by atoms with van der Waals surface area (Å²) in [7, 11) is 3.52. The van der Waals surface area contributed by atoms with Crippen molar-refractivity contribution in [1.29, 1.82) is 0 Å². The number of ether oxygens (including phenoxy) is 2. The highest BCUT2D eigenvalue weighted by molar-refractivity contribution is 5.98. The number of ketones is 1. The first-order valence-corrected chi connectivity index (χ1v) is 14.0. The number of amides is 3. The molecule has 2 aromatic rings. The maximum Gasteiger partial charge on any atom is 0.243 e. The Labute approximate surface area is 241 Å². The number of epoxide rings is 1. The van der Waals surface area contributed by atoms with E-state index in [1.807, 2.05) is 49.5 Å². The summed E-state index contributed by atoms with van der Waals surface area (Å²) in [5.41, 5.74) is 0.745. The van der Waals surface area contributed by atoms with Crippen LogP contribution in [0.5, 0.6) is 5.75 Å². The van der Waals surface area contributed by atoms with Crippen LogP contribution in [0, 0.1) is 5.92 Å². The van der Waals surface area contributed by atoms with Crippen LogP contribution >= 0.6 is 0 Å². The van der Waals surface area contributed by atoms with Gasteiger partial charge in [-0.25, -0.2) is 0 Å². The van der Waals surface area contributed by atoms with Crippen LogP contribution < -0.4 is 20.7 Å². The molecule has 0 saturated carbocycles. The Balaban J connectivity index is 1.49. The Morgan fingerprint density at radius 2 is 1.56 bits per heavy atom. The third-order valence-corrected chi connectivity index (χ3v) is 7.76. The van der Waals surface area contributed by atoms with E-state index in [-0.39, 0.29) is 30.4 Å². The van der Waals surface area contributed by atoms with Gasteiger partial charge in [-0.2, -0.15) is 0 Å². The zero-order valence-electron chi connectivity index (χ0n) is 24.1. The molecular formula is C31H40N4O6. The Bertz CT molecular complexity index is 1230. The minimum atomic E-state index is -0.994. The molecule has 2 fully saturated rings. The third-order valence-electron chi connectivity index (χ3n) is 7.76. The van der Waals surface area contributed by atoms with Crippen LogP contribution in [0.15, 0.2) is 54.6 Å². The predicted octanol–water partition coefficient (Wildman–Crippen LogP) is 1.26. The molecule has 10 nitrogen and oxygen atoms in total. The molecule has 41 heavy (non-hydrogen) atoms. The van der Waals surface area contributed by atoms with Gasteiger partial charge < -0.3 is 30.3 Å². The number of carbonyl (C=O) groups is 4. The molecule has 220 valence electrons. The first-order valence-electron chi connectivity index (χ1n) is 14.0. The SMILES string of the molecule is COc1ccc(C[C@H](NC(=O)[C@H](C)NC(=O)[C@H]2CCN(C)C2)C(=O)N[C@@H](Cc2ccccc2)C(=O)[C@@]2(C)CO2)cc1. The third kappa shape index (κ3) is 8.14. The van der Waals surface area contributed by atoms with Gasteiger partial charge in [0.1, 0.15) is 23.4 Å². The lowest BCUT2D eigenvalue weighted by Crippen LogP contribution is -2.57. The molecule has 0 spiro atoms. The number of hydrogen-bond donors (Lipinski definition) is 3. The maximum atomic E-state index is 13.7. The molecule has 0 aliphatic carbocycles. The lowest BCUT2D eigenvalue weighted by molar-refractivity contribution is -0.134. The Morgan fingerprint density at radius 1 is 0.951 bits per heavy atom. The predicted molar refractivity (Wildman–Crippen MR) is 153 cm³/mol. The van der Waals surface area contributed by atoms with Crippen LogP contribution in [0.3, 0.4) is 0 Å². The molecule has 0 aromatic heterocycles. The monoisotopic (exact) mass is 564 g/mol. The van der Waals surface area contributed by atoms with Crippen LogP contribution in [-0.2, 0) is 36.8 Å². The van der Waals surface area contributed by atoms with Crippen LogP contribution in [0.25, 0.3) is 0 Å². The maximum absolute atomic E-state index is 13.7. The zero-order valence-corrected chi connectivity index (χ0v) is 24.1. The summed E-state index contributed by atoms with van der Waals surface area (Å²) >= 11 is 0. The molecule has 2 aliphatic heterocycles. The largest absolute Gasteiger partial charge is 0.497 e. The Hall–Kier alpha value is -3.76. The lowest BCUT2D eigenvalue weighted by Gasteiger charge is -2.25. The number of Topliss-reactive ketones (excluding diaryl/α,β-unsaturated/α-hetero) is 1. The Morgan fingerprint density at radius 3 is 2.15 bits per heavy atom. The van der Waals surface area contributed by atoms with E-state index in [0.717, 1.165) is 24.1 Å². The second-order valence-corrected chi connectivity index (χ2v) is 11.2. The van der Waals surface area contributed by atoms with Crippen molar-refractivity contribution in [2.45, 2.75) is 56.8 Å². The van der Waals surface area contributed by atoms with Crippen LogP contribution in [0.4, 0.5) is 0 Å². The average molecular weight is 565 g/mol. The molecule has 2 aliphatic rings. The van der Waals surface area contributed by atoms with E-state index >= 15 is 0 Å². The molecule has 0 unspecified atom stereocenters. The van der Waals surface area contributed by atoms with Crippen LogP contribution in [0.1, 0.15) is 31.4 Å². The van der Waals surface area contributed by atoms with E-state index in [1.54, 1.807) is 33.1 Å². The molecule has 4 rings (SSSR count). The second-order valence-electron chi connectivity index (χ2n) is 11.2. The van der Waals surface area contributed by atoms with E-state index in [4.69, 9.17) is 9.47 Å². The fraction of sp³-hybridized carbons (Fsp3) is 0.484. The fourth-order valence-corrected chi connectivity index (χ4v) is 5.00. The summed E-state index contributed by atoms with van der Waals surface area (Å²) in [5.74, 6) is -0.889. The van der Waals surface area contributed by atoms with E-state index in [2.05, 4.69) is 20.9 Å². The van der Waals surface area contributed by atoms with E-state index in [1.165, 1.54) is 0 Å². The van der Waals surface area contributed by atoms with Gasteiger partial charge in [-0.1, -0.05) is 42.5 Å². The summed E-state index contributed by atoms with van der Waals surface area (Å²) in [5, 5.41) is 8.49. The molecule has 0 radical (unpaired) electrons. The molecule has 2 saturated heterocycles. The molecule has 0 bridgehead atoms. The second kappa shape index (κ2) is 13.3. The van der Waals surface area contributed by atoms with Crippen molar-refractivity contribution in [1.82, 2.24) is 20.9 Å². The smallest absolute Gasteiger partial charge is 0.243 e. The number of carbonyl (C=O) groups excluding carboxylic acids is 4. The summed E-state index contributed by atoms with van der Waals surface area (Å²) in [4.78, 5) is 55.0. The van der Waals surface area contributed by atoms with Gasteiger partial charge in [0.05, 0.1) is 25.7 Å². The minimum absolute atomic E-state index is 0.176. The Kier molecular flexibility index (Phi) is 9.77. The first-order chi connectivity index (χ1) is 19.6. The number of hydrogen-bond acceptors (Lipinski definition) is 7. The van der Waals surface area contributed by atoms with Gasteiger partial charge in [-0.3, -0.25) is 19.2 Å². The number of nitrogens with one attached hydrogen (secondary N) is 3.